The van der Waals surface area contributed by atoms with Crippen molar-refractivity contribution in [1.29, 1.82) is 0 Å². The highest BCUT2D eigenvalue weighted by Crippen LogP contribution is 2.31. The van der Waals surface area contributed by atoms with Crippen LogP contribution in [0.2, 0.25) is 0 Å². The van der Waals surface area contributed by atoms with Gasteiger partial charge in [-0.1, -0.05) is 6.92 Å². The molecule has 1 aliphatic heterocycles. The van der Waals surface area contributed by atoms with Crippen LogP contribution in [-0.2, 0) is 6.18 Å². The lowest BCUT2D eigenvalue weighted by molar-refractivity contribution is -0.137. The Morgan fingerprint density at radius 2 is 1.94 bits per heavy atom. The fourth-order valence-corrected chi connectivity index (χ4v) is 4.21. The topological polar surface area (TPSA) is 73.1 Å². The number of carbonyl (C=O) groups is 1. The van der Waals surface area contributed by atoms with Crippen LogP contribution in [0.3, 0.4) is 0 Å². The molecule has 1 aromatic carbocycles. The predicted octanol–water partition coefficient (Wildman–Crippen LogP) is 4.45. The van der Waals surface area contributed by atoms with Crippen LogP contribution in [0.25, 0.3) is 5.69 Å². The lowest BCUT2D eigenvalue weighted by atomic mass is 9.90. The fraction of sp³-hybridized carbons (Fsp3) is 0.391. The summed E-state index contributed by atoms with van der Waals surface area (Å²) in [6.45, 7) is 4.11. The number of carbonyl (C=O) groups excluding carboxylic acids is 1. The molecule has 0 saturated carbocycles. The highest BCUT2D eigenvalue weighted by atomic mass is 19.4. The van der Waals surface area contributed by atoms with Crippen LogP contribution in [0.15, 0.2) is 42.9 Å². The summed E-state index contributed by atoms with van der Waals surface area (Å²) in [6.07, 6.45) is 0.749. The van der Waals surface area contributed by atoms with E-state index in [9.17, 15) is 22.4 Å². The smallest absolute Gasteiger partial charge is 0.417 e. The average Bonchev–Trinajstić information content (AvgIpc) is 3.31. The van der Waals surface area contributed by atoms with Gasteiger partial charge in [-0.3, -0.25) is 4.79 Å². The Morgan fingerprint density at radius 3 is 2.59 bits per heavy atom. The van der Waals surface area contributed by atoms with E-state index in [1.807, 2.05) is 6.92 Å². The molecule has 0 radical (unpaired) electrons. The molecule has 1 aliphatic rings. The Bertz CT molecular complexity index is 1150. The molecule has 4 rings (SSSR count). The number of hydrogen-bond acceptors (Lipinski definition) is 5. The van der Waals surface area contributed by atoms with Crippen molar-refractivity contribution in [2.45, 2.75) is 38.9 Å². The highest BCUT2D eigenvalue weighted by molar-refractivity contribution is 5.98. The number of amides is 1. The van der Waals surface area contributed by atoms with Gasteiger partial charge >= 0.3 is 6.18 Å². The van der Waals surface area contributed by atoms with Gasteiger partial charge in [-0.25, -0.2) is 9.37 Å². The van der Waals surface area contributed by atoms with Crippen LogP contribution < -0.4 is 4.74 Å². The Kier molecular flexibility index (Phi) is 6.54. The Hall–Kier alpha value is -3.50. The minimum absolute atomic E-state index is 0.0289. The SMILES string of the molecule is Cc1cc(F)cc(C(=O)N2CCC[C@@H](C)[C@H]2COc2ccc(C(F)(F)F)cn2)c1-n1nccn1. The molecular formula is C23H23F4N5O2. The van der Waals surface area contributed by atoms with E-state index in [-0.39, 0.29) is 30.0 Å². The maximum Gasteiger partial charge on any atom is 0.417 e. The van der Waals surface area contributed by atoms with Crippen LogP contribution in [-0.4, -0.2) is 50.0 Å². The molecule has 1 saturated heterocycles. The summed E-state index contributed by atoms with van der Waals surface area (Å²) in [4.78, 5) is 20.3. The summed E-state index contributed by atoms with van der Waals surface area (Å²) in [5.41, 5.74) is 0.148. The monoisotopic (exact) mass is 477 g/mol. The number of benzene rings is 1. The fourth-order valence-electron chi connectivity index (χ4n) is 4.21. The Morgan fingerprint density at radius 1 is 1.21 bits per heavy atom. The number of ether oxygens (including phenoxy) is 1. The summed E-state index contributed by atoms with van der Waals surface area (Å²) < 4.78 is 58.3. The first kappa shape index (κ1) is 23.7. The molecule has 0 spiro atoms. The van der Waals surface area contributed by atoms with Crippen molar-refractivity contribution in [3.05, 3.63) is 65.4 Å². The number of aryl methyl sites for hydroxylation is 1. The van der Waals surface area contributed by atoms with Gasteiger partial charge in [0.2, 0.25) is 5.88 Å². The molecule has 180 valence electrons. The van der Waals surface area contributed by atoms with Crippen molar-refractivity contribution >= 4 is 5.91 Å². The third-order valence-electron chi connectivity index (χ3n) is 5.96. The van der Waals surface area contributed by atoms with E-state index in [0.29, 0.717) is 24.0 Å². The molecule has 3 aromatic rings. The second-order valence-electron chi connectivity index (χ2n) is 8.32. The number of pyridine rings is 1. The molecular weight excluding hydrogens is 454 g/mol. The number of halogens is 4. The van der Waals surface area contributed by atoms with Crippen molar-refractivity contribution in [3.8, 4) is 11.6 Å². The number of aromatic nitrogens is 4. The average molecular weight is 477 g/mol. The molecule has 1 amide bonds. The van der Waals surface area contributed by atoms with E-state index >= 15 is 0 Å². The van der Waals surface area contributed by atoms with Crippen LogP contribution >= 0.6 is 0 Å². The first-order valence-corrected chi connectivity index (χ1v) is 10.8. The maximum atomic E-state index is 14.3. The quantitative estimate of drug-likeness (QED) is 0.508. The molecule has 2 atom stereocenters. The summed E-state index contributed by atoms with van der Waals surface area (Å²) in [5, 5.41) is 8.20. The third kappa shape index (κ3) is 4.87. The van der Waals surface area contributed by atoms with Gasteiger partial charge < -0.3 is 9.64 Å². The van der Waals surface area contributed by atoms with Crippen molar-refractivity contribution in [2.75, 3.05) is 13.2 Å². The van der Waals surface area contributed by atoms with Gasteiger partial charge in [-0.2, -0.15) is 28.2 Å². The summed E-state index contributed by atoms with van der Waals surface area (Å²) in [5.74, 6) is -0.867. The maximum absolute atomic E-state index is 14.3. The molecule has 2 aromatic heterocycles. The molecule has 0 bridgehead atoms. The number of piperidine rings is 1. The molecule has 0 N–H and O–H groups in total. The van der Waals surface area contributed by atoms with Crippen LogP contribution in [0.1, 0.15) is 41.3 Å². The first-order valence-electron chi connectivity index (χ1n) is 10.8. The standard InChI is InChI=1S/C23H23F4N5O2/c1-14-4-3-9-31(19(14)13-34-20-6-5-16(12-28-20)23(25,26)27)22(33)18-11-17(24)10-15(2)21(18)32-29-7-8-30-32/h5-8,10-12,14,19H,3-4,9,13H2,1-2H3/t14-,19-/m1/s1. The highest BCUT2D eigenvalue weighted by Gasteiger charge is 2.35. The van der Waals surface area contributed by atoms with Crippen molar-refractivity contribution in [3.63, 3.8) is 0 Å². The van der Waals surface area contributed by atoms with Gasteiger partial charge in [0.1, 0.15) is 18.1 Å². The largest absolute Gasteiger partial charge is 0.475 e. The van der Waals surface area contributed by atoms with Crippen molar-refractivity contribution < 1.29 is 27.1 Å². The lowest BCUT2D eigenvalue weighted by Gasteiger charge is -2.40. The number of nitrogens with zero attached hydrogens (tertiary/aromatic N) is 5. The van der Waals surface area contributed by atoms with Crippen LogP contribution in [0.4, 0.5) is 17.6 Å². The molecule has 1 fully saturated rings. The normalized spacial score (nSPS) is 18.7. The van der Waals surface area contributed by atoms with Crippen LogP contribution in [0, 0.1) is 18.7 Å². The minimum Gasteiger partial charge on any atom is -0.475 e. The zero-order valence-corrected chi connectivity index (χ0v) is 18.6. The second kappa shape index (κ2) is 9.40. The minimum atomic E-state index is -4.49. The molecule has 11 heteroatoms. The van der Waals surface area contributed by atoms with Gasteiger partial charge in [0, 0.05) is 18.8 Å². The van der Waals surface area contributed by atoms with Crippen LogP contribution in [0.5, 0.6) is 5.88 Å². The third-order valence-corrected chi connectivity index (χ3v) is 5.96. The van der Waals surface area contributed by atoms with Gasteiger partial charge in [0.15, 0.2) is 0 Å². The number of likely N-dealkylation sites (tertiary alicyclic amines) is 1. The first-order chi connectivity index (χ1) is 16.1. The second-order valence-corrected chi connectivity index (χ2v) is 8.32. The van der Waals surface area contributed by atoms with Gasteiger partial charge in [0.25, 0.3) is 5.91 Å². The summed E-state index contributed by atoms with van der Waals surface area (Å²) in [6, 6.07) is 4.15. The zero-order chi connectivity index (χ0) is 24.5. The van der Waals surface area contributed by atoms with Gasteiger partial charge in [0.05, 0.1) is 29.6 Å². The van der Waals surface area contributed by atoms with E-state index in [2.05, 4.69) is 15.2 Å². The van der Waals surface area contributed by atoms with E-state index in [0.717, 1.165) is 25.0 Å². The summed E-state index contributed by atoms with van der Waals surface area (Å²) >= 11 is 0. The number of rotatable bonds is 5. The molecule has 34 heavy (non-hydrogen) atoms. The van der Waals surface area contributed by atoms with E-state index < -0.39 is 23.5 Å². The molecule has 7 nitrogen and oxygen atoms in total. The lowest BCUT2D eigenvalue weighted by Crippen LogP contribution is -2.51. The van der Waals surface area contributed by atoms with Gasteiger partial charge in [-0.15, -0.1) is 0 Å². The van der Waals surface area contributed by atoms with Gasteiger partial charge in [-0.05, 0) is 49.4 Å². The van der Waals surface area contributed by atoms with E-state index in [4.69, 9.17) is 4.74 Å². The summed E-state index contributed by atoms with van der Waals surface area (Å²) in [7, 11) is 0. The predicted molar refractivity (Wildman–Crippen MR) is 114 cm³/mol. The van der Waals surface area contributed by atoms with E-state index in [1.165, 1.54) is 29.3 Å². The van der Waals surface area contributed by atoms with Crippen molar-refractivity contribution in [1.82, 2.24) is 24.9 Å². The Labute approximate surface area is 193 Å². The molecule has 3 heterocycles. The number of alkyl halides is 3. The van der Waals surface area contributed by atoms with Crippen molar-refractivity contribution in [2.24, 2.45) is 5.92 Å². The van der Waals surface area contributed by atoms with E-state index in [1.54, 1.807) is 11.8 Å². The molecule has 0 aliphatic carbocycles. The number of hydrogen-bond donors (Lipinski definition) is 0. The molecule has 0 unspecified atom stereocenters. The Balaban J connectivity index is 1.59. The zero-order valence-electron chi connectivity index (χ0n) is 18.6.